The molecule has 0 spiro atoms. The molecule has 1 aromatic heterocycles. The van der Waals surface area contributed by atoms with Crippen LogP contribution in [0, 0.1) is 6.92 Å². The zero-order chi connectivity index (χ0) is 20.5. The Morgan fingerprint density at radius 2 is 2.07 bits per heavy atom. The van der Waals surface area contributed by atoms with Gasteiger partial charge in [-0.1, -0.05) is 23.7 Å². The van der Waals surface area contributed by atoms with Gasteiger partial charge in [0.2, 0.25) is 11.5 Å². The highest BCUT2D eigenvalue weighted by Crippen LogP contribution is 2.43. The molecular formula is C18H18ClF3N2O3S. The summed E-state index contributed by atoms with van der Waals surface area (Å²) in [5.74, 6) is -0.810. The van der Waals surface area contributed by atoms with Gasteiger partial charge in [0.1, 0.15) is 11.1 Å². The van der Waals surface area contributed by atoms with E-state index in [2.05, 4.69) is 4.98 Å². The topological polar surface area (TPSA) is 62.7 Å². The number of nitrogens with zero attached hydrogens (tertiary/aromatic N) is 2. The van der Waals surface area contributed by atoms with Crippen molar-refractivity contribution in [3.8, 4) is 0 Å². The Morgan fingerprint density at radius 1 is 1.39 bits per heavy atom. The van der Waals surface area contributed by atoms with Gasteiger partial charge in [0, 0.05) is 22.6 Å². The van der Waals surface area contributed by atoms with Gasteiger partial charge < -0.3 is 14.7 Å². The summed E-state index contributed by atoms with van der Waals surface area (Å²) in [5, 5.41) is 11.8. The van der Waals surface area contributed by atoms with Crippen molar-refractivity contribution in [1.82, 2.24) is 9.88 Å². The lowest BCUT2D eigenvalue weighted by Crippen LogP contribution is -2.49. The molecule has 2 heterocycles. The lowest BCUT2D eigenvalue weighted by atomic mass is 9.98. The van der Waals surface area contributed by atoms with Crippen LogP contribution in [0.5, 0.6) is 0 Å². The number of carbonyl (C=O) groups is 1. The molecule has 1 saturated heterocycles. The molecule has 5 nitrogen and oxygen atoms in total. The van der Waals surface area contributed by atoms with Crippen LogP contribution in [-0.4, -0.2) is 46.8 Å². The third-order valence-electron chi connectivity index (χ3n) is 4.51. The molecule has 1 N–H and O–H groups in total. The standard InChI is InChI=1S/C18H18ClF3N2O3S/c1-11-10-28-16(23-11)17(26,18(20,21)22)8-15(25)24-6-7-27-14(9-24)12-2-4-13(19)5-3-12/h2-5,10,14,26H,6-9H2,1H3/t14-,17+/m0/s1. The lowest BCUT2D eigenvalue weighted by Gasteiger charge is -2.36. The molecule has 1 aliphatic heterocycles. The molecule has 152 valence electrons. The average Bonchev–Trinajstić information content (AvgIpc) is 3.08. The molecule has 2 atom stereocenters. The second-order valence-corrected chi connectivity index (χ2v) is 7.87. The summed E-state index contributed by atoms with van der Waals surface area (Å²) in [5.41, 5.74) is -2.20. The lowest BCUT2D eigenvalue weighted by molar-refractivity contribution is -0.268. The van der Waals surface area contributed by atoms with E-state index < -0.39 is 35.2 Å². The minimum absolute atomic E-state index is 0.0886. The van der Waals surface area contributed by atoms with Crippen molar-refractivity contribution in [3.05, 3.63) is 50.9 Å². The highest BCUT2D eigenvalue weighted by Gasteiger charge is 2.58. The Bertz CT molecular complexity index is 843. The van der Waals surface area contributed by atoms with E-state index in [9.17, 15) is 23.1 Å². The molecule has 0 bridgehead atoms. The third-order valence-corrected chi connectivity index (χ3v) is 5.87. The maximum atomic E-state index is 13.6. The highest BCUT2D eigenvalue weighted by molar-refractivity contribution is 7.09. The van der Waals surface area contributed by atoms with Gasteiger partial charge in [-0.15, -0.1) is 11.3 Å². The molecule has 2 aromatic rings. The number of morpholine rings is 1. The number of hydrogen-bond donors (Lipinski definition) is 1. The first-order chi connectivity index (χ1) is 13.1. The van der Waals surface area contributed by atoms with Crippen molar-refractivity contribution < 1.29 is 27.8 Å². The quantitative estimate of drug-likeness (QED) is 0.794. The number of thiazole rings is 1. The highest BCUT2D eigenvalue weighted by atomic mass is 35.5. The second kappa shape index (κ2) is 7.98. The number of amides is 1. The van der Waals surface area contributed by atoms with Crippen molar-refractivity contribution in [2.75, 3.05) is 19.7 Å². The van der Waals surface area contributed by atoms with E-state index in [-0.39, 0.29) is 19.7 Å². The second-order valence-electron chi connectivity index (χ2n) is 6.58. The minimum Gasteiger partial charge on any atom is -0.374 e. The van der Waals surface area contributed by atoms with Crippen LogP contribution in [-0.2, 0) is 15.1 Å². The molecular weight excluding hydrogens is 417 g/mol. The summed E-state index contributed by atoms with van der Waals surface area (Å²) in [7, 11) is 0. The van der Waals surface area contributed by atoms with Crippen molar-refractivity contribution in [2.45, 2.75) is 31.2 Å². The van der Waals surface area contributed by atoms with Crippen molar-refractivity contribution in [3.63, 3.8) is 0 Å². The van der Waals surface area contributed by atoms with Crippen molar-refractivity contribution in [1.29, 1.82) is 0 Å². The van der Waals surface area contributed by atoms with E-state index >= 15 is 0 Å². The van der Waals surface area contributed by atoms with E-state index in [0.29, 0.717) is 22.1 Å². The predicted octanol–water partition coefficient (Wildman–Crippen LogP) is 3.85. The number of aliphatic hydroxyl groups is 1. The number of alkyl halides is 3. The number of ether oxygens (including phenoxy) is 1. The predicted molar refractivity (Wildman–Crippen MR) is 98.1 cm³/mol. The fraction of sp³-hybridized carbons (Fsp3) is 0.444. The Kier molecular flexibility index (Phi) is 6.00. The Labute approximate surface area is 168 Å². The number of benzene rings is 1. The maximum absolute atomic E-state index is 13.6. The fourth-order valence-electron chi connectivity index (χ4n) is 2.93. The first-order valence-corrected chi connectivity index (χ1v) is 9.72. The van der Waals surface area contributed by atoms with Crippen LogP contribution in [0.4, 0.5) is 13.2 Å². The van der Waals surface area contributed by atoms with E-state index in [0.717, 1.165) is 5.56 Å². The molecule has 0 radical (unpaired) electrons. The monoisotopic (exact) mass is 434 g/mol. The van der Waals surface area contributed by atoms with E-state index in [1.807, 2.05) is 0 Å². The van der Waals surface area contributed by atoms with E-state index in [4.69, 9.17) is 16.3 Å². The van der Waals surface area contributed by atoms with Gasteiger partial charge in [0.15, 0.2) is 0 Å². The zero-order valence-electron chi connectivity index (χ0n) is 14.9. The van der Waals surface area contributed by atoms with Crippen molar-refractivity contribution in [2.24, 2.45) is 0 Å². The number of aryl methyl sites for hydroxylation is 1. The minimum atomic E-state index is -5.03. The van der Waals surface area contributed by atoms with Crippen LogP contribution in [0.1, 0.15) is 28.8 Å². The molecule has 3 rings (SSSR count). The third kappa shape index (κ3) is 4.32. The maximum Gasteiger partial charge on any atom is 0.424 e. The molecule has 0 saturated carbocycles. The van der Waals surface area contributed by atoms with E-state index in [1.165, 1.54) is 17.2 Å². The molecule has 0 aliphatic carbocycles. The summed E-state index contributed by atoms with van der Waals surface area (Å²) >= 11 is 6.54. The fourth-order valence-corrected chi connectivity index (χ4v) is 3.97. The van der Waals surface area contributed by atoms with Gasteiger partial charge in [-0.2, -0.15) is 13.2 Å². The SMILES string of the molecule is Cc1csc([C@](O)(CC(=O)N2CCO[C@H](c3ccc(Cl)cc3)C2)C(F)(F)F)n1. The summed E-state index contributed by atoms with van der Waals surface area (Å²) in [4.78, 5) is 17.7. The van der Waals surface area contributed by atoms with Crippen LogP contribution in [0.15, 0.2) is 29.6 Å². The molecule has 0 unspecified atom stereocenters. The number of halogens is 4. The Hall–Kier alpha value is -1.68. The number of hydrogen-bond acceptors (Lipinski definition) is 5. The van der Waals surface area contributed by atoms with Gasteiger partial charge in [0.05, 0.1) is 19.6 Å². The molecule has 1 amide bonds. The largest absolute Gasteiger partial charge is 0.424 e. The summed E-state index contributed by atoms with van der Waals surface area (Å²) in [6.45, 7) is 1.94. The summed E-state index contributed by atoms with van der Waals surface area (Å²) < 4.78 is 46.5. The first kappa shape index (κ1) is 21.0. The molecule has 28 heavy (non-hydrogen) atoms. The smallest absolute Gasteiger partial charge is 0.374 e. The number of carbonyl (C=O) groups excluding carboxylic acids is 1. The van der Waals surface area contributed by atoms with Gasteiger partial charge in [-0.05, 0) is 24.6 Å². The van der Waals surface area contributed by atoms with E-state index in [1.54, 1.807) is 24.3 Å². The number of aromatic nitrogens is 1. The average molecular weight is 435 g/mol. The van der Waals surface area contributed by atoms with Gasteiger partial charge in [0.25, 0.3) is 0 Å². The van der Waals surface area contributed by atoms with Gasteiger partial charge in [-0.3, -0.25) is 4.79 Å². The molecule has 1 fully saturated rings. The zero-order valence-corrected chi connectivity index (χ0v) is 16.4. The Morgan fingerprint density at radius 3 is 2.64 bits per heavy atom. The molecule has 10 heteroatoms. The van der Waals surface area contributed by atoms with Crippen LogP contribution in [0.2, 0.25) is 5.02 Å². The molecule has 1 aromatic carbocycles. The van der Waals surface area contributed by atoms with Crippen LogP contribution in [0.3, 0.4) is 0 Å². The van der Waals surface area contributed by atoms with Crippen molar-refractivity contribution >= 4 is 28.8 Å². The Balaban J connectivity index is 1.77. The first-order valence-electron chi connectivity index (χ1n) is 8.47. The van der Waals surface area contributed by atoms with Gasteiger partial charge >= 0.3 is 6.18 Å². The van der Waals surface area contributed by atoms with Crippen LogP contribution >= 0.6 is 22.9 Å². The van der Waals surface area contributed by atoms with Crippen LogP contribution in [0.25, 0.3) is 0 Å². The summed E-state index contributed by atoms with van der Waals surface area (Å²) in [6, 6.07) is 6.83. The number of rotatable bonds is 4. The summed E-state index contributed by atoms with van der Waals surface area (Å²) in [6.07, 6.45) is -6.64. The van der Waals surface area contributed by atoms with Gasteiger partial charge in [-0.25, -0.2) is 4.98 Å². The normalized spacial score (nSPS) is 20.1. The molecule has 1 aliphatic rings. The van der Waals surface area contributed by atoms with Crippen LogP contribution < -0.4 is 0 Å².